The van der Waals surface area contributed by atoms with Gasteiger partial charge in [-0.25, -0.2) is 0 Å². The summed E-state index contributed by atoms with van der Waals surface area (Å²) < 4.78 is 21.2. The van der Waals surface area contributed by atoms with Crippen LogP contribution in [0.3, 0.4) is 0 Å². The summed E-state index contributed by atoms with van der Waals surface area (Å²) in [7, 11) is 0. The second-order valence-corrected chi connectivity index (χ2v) is 4.63. The molecule has 0 aromatic carbocycles. The van der Waals surface area contributed by atoms with E-state index in [1.165, 1.54) is 0 Å². The molecule has 0 radical (unpaired) electrons. The minimum atomic E-state index is -0.146. The molecule has 4 fully saturated rings. The van der Waals surface area contributed by atoms with E-state index >= 15 is 0 Å². The fraction of sp³-hybridized carbons (Fsp3) is 0.900. The van der Waals surface area contributed by atoms with Gasteiger partial charge < -0.3 is 18.9 Å². The molecule has 4 aliphatic heterocycles. The van der Waals surface area contributed by atoms with Crippen LogP contribution in [-0.4, -0.2) is 49.7 Å². The van der Waals surface area contributed by atoms with Crippen molar-refractivity contribution in [1.29, 1.82) is 0 Å². The fourth-order valence-electron chi connectivity index (χ4n) is 2.63. The highest BCUT2D eigenvalue weighted by Gasteiger charge is 2.66. The van der Waals surface area contributed by atoms with Gasteiger partial charge in [0.15, 0.2) is 0 Å². The molecule has 0 aromatic rings. The lowest BCUT2D eigenvalue weighted by molar-refractivity contribution is -0.151. The van der Waals surface area contributed by atoms with Gasteiger partial charge >= 0.3 is 5.97 Å². The van der Waals surface area contributed by atoms with E-state index in [9.17, 15) is 4.79 Å². The Labute approximate surface area is 86.6 Å². The van der Waals surface area contributed by atoms with Crippen LogP contribution in [-0.2, 0) is 23.7 Å². The molecular formula is C10H12O5. The molecule has 0 spiro atoms. The monoisotopic (exact) mass is 212 g/mol. The van der Waals surface area contributed by atoms with Gasteiger partial charge in [0.1, 0.15) is 31.0 Å². The van der Waals surface area contributed by atoms with Crippen LogP contribution in [0.15, 0.2) is 0 Å². The summed E-state index contributed by atoms with van der Waals surface area (Å²) >= 11 is 0. The zero-order valence-corrected chi connectivity index (χ0v) is 8.13. The van der Waals surface area contributed by atoms with Crippen LogP contribution in [0.25, 0.3) is 0 Å². The lowest BCUT2D eigenvalue weighted by Crippen LogP contribution is -2.32. The maximum absolute atomic E-state index is 11.7. The van der Waals surface area contributed by atoms with Crippen molar-refractivity contribution in [2.75, 3.05) is 13.2 Å². The van der Waals surface area contributed by atoms with Crippen molar-refractivity contribution in [2.45, 2.75) is 36.9 Å². The highest BCUT2D eigenvalue weighted by Crippen LogP contribution is 2.51. The molecule has 5 nitrogen and oxygen atoms in total. The summed E-state index contributed by atoms with van der Waals surface area (Å²) in [6.45, 7) is 1.11. The molecule has 4 aliphatic rings. The van der Waals surface area contributed by atoms with E-state index in [1.807, 2.05) is 0 Å². The molecule has 0 saturated carbocycles. The molecule has 0 amide bonds. The van der Waals surface area contributed by atoms with Gasteiger partial charge in [0, 0.05) is 0 Å². The molecule has 0 aromatic heterocycles. The molecule has 0 N–H and O–H groups in total. The first-order chi connectivity index (χ1) is 7.33. The number of fused-ring (bicyclic) bond motifs is 5. The van der Waals surface area contributed by atoms with Crippen molar-refractivity contribution < 1.29 is 23.7 Å². The molecule has 6 unspecified atom stereocenters. The largest absolute Gasteiger partial charge is 0.463 e. The van der Waals surface area contributed by atoms with Crippen molar-refractivity contribution in [3.63, 3.8) is 0 Å². The van der Waals surface area contributed by atoms with Gasteiger partial charge in [-0.15, -0.1) is 0 Å². The maximum Gasteiger partial charge on any atom is 0.311 e. The summed E-state index contributed by atoms with van der Waals surface area (Å²) in [6, 6.07) is 0. The average Bonchev–Trinajstić information content (AvgIpc) is 3.15. The second-order valence-electron chi connectivity index (χ2n) is 4.63. The number of esters is 1. The van der Waals surface area contributed by atoms with E-state index in [-0.39, 0.29) is 42.4 Å². The molecule has 82 valence electrons. The van der Waals surface area contributed by atoms with Gasteiger partial charge in [0.25, 0.3) is 0 Å². The normalized spacial score (nSPS) is 53.9. The van der Waals surface area contributed by atoms with Crippen LogP contribution in [0.1, 0.15) is 6.42 Å². The van der Waals surface area contributed by atoms with Crippen LogP contribution in [0.2, 0.25) is 0 Å². The van der Waals surface area contributed by atoms with Crippen LogP contribution < -0.4 is 0 Å². The van der Waals surface area contributed by atoms with Crippen molar-refractivity contribution in [1.82, 2.24) is 0 Å². The first-order valence-electron chi connectivity index (χ1n) is 5.42. The highest BCUT2D eigenvalue weighted by atomic mass is 16.7. The molecule has 5 heteroatoms. The summed E-state index contributed by atoms with van der Waals surface area (Å²) in [5, 5.41) is 0. The Morgan fingerprint density at radius 1 is 1.27 bits per heavy atom. The number of hydrogen-bond donors (Lipinski definition) is 0. The Balaban J connectivity index is 1.38. The van der Waals surface area contributed by atoms with Crippen LogP contribution in [0.4, 0.5) is 0 Å². The van der Waals surface area contributed by atoms with Crippen LogP contribution in [0.5, 0.6) is 0 Å². The fourth-order valence-corrected chi connectivity index (χ4v) is 2.63. The first-order valence-corrected chi connectivity index (χ1v) is 5.42. The van der Waals surface area contributed by atoms with E-state index in [0.717, 1.165) is 6.42 Å². The Morgan fingerprint density at radius 3 is 2.80 bits per heavy atom. The predicted octanol–water partition coefficient (Wildman–Crippen LogP) is -0.517. The third-order valence-electron chi connectivity index (χ3n) is 3.58. The van der Waals surface area contributed by atoms with Gasteiger partial charge in [-0.05, 0) is 6.42 Å². The van der Waals surface area contributed by atoms with Gasteiger partial charge in [0.2, 0.25) is 0 Å². The highest BCUT2D eigenvalue weighted by molar-refractivity contribution is 5.74. The Kier molecular flexibility index (Phi) is 1.54. The second kappa shape index (κ2) is 2.72. The van der Waals surface area contributed by atoms with Gasteiger partial charge in [-0.1, -0.05) is 0 Å². The number of hydrogen-bond acceptors (Lipinski definition) is 5. The molecular weight excluding hydrogens is 200 g/mol. The molecule has 4 heterocycles. The predicted molar refractivity (Wildman–Crippen MR) is 46.1 cm³/mol. The number of rotatable bonds is 3. The van der Waals surface area contributed by atoms with Crippen LogP contribution >= 0.6 is 0 Å². The Morgan fingerprint density at radius 2 is 2.13 bits per heavy atom. The zero-order valence-electron chi connectivity index (χ0n) is 8.13. The maximum atomic E-state index is 11.7. The molecule has 15 heavy (non-hydrogen) atoms. The topological polar surface area (TPSA) is 60.6 Å². The minimum Gasteiger partial charge on any atom is -0.463 e. The summed E-state index contributed by atoms with van der Waals surface area (Å²) in [6.07, 6.45) is 1.42. The summed E-state index contributed by atoms with van der Waals surface area (Å²) in [5.74, 6) is -0.260. The van der Waals surface area contributed by atoms with E-state index < -0.39 is 0 Å². The molecule has 0 aliphatic carbocycles. The van der Waals surface area contributed by atoms with E-state index in [2.05, 4.69) is 0 Å². The molecule has 6 atom stereocenters. The lowest BCUT2D eigenvalue weighted by Gasteiger charge is -2.14. The Hall–Kier alpha value is -0.650. The van der Waals surface area contributed by atoms with E-state index in [4.69, 9.17) is 18.9 Å². The quantitative estimate of drug-likeness (QED) is 0.465. The van der Waals surface area contributed by atoms with E-state index in [1.54, 1.807) is 0 Å². The van der Waals surface area contributed by atoms with Gasteiger partial charge in [0.05, 0.1) is 18.6 Å². The molecule has 2 bridgehead atoms. The van der Waals surface area contributed by atoms with Gasteiger partial charge in [-0.2, -0.15) is 0 Å². The third kappa shape index (κ3) is 1.23. The van der Waals surface area contributed by atoms with Crippen LogP contribution in [0, 0.1) is 5.92 Å². The summed E-state index contributed by atoms with van der Waals surface area (Å²) in [5.41, 5.74) is 0. The van der Waals surface area contributed by atoms with Crippen molar-refractivity contribution in [3.8, 4) is 0 Å². The zero-order chi connectivity index (χ0) is 9.99. The van der Waals surface area contributed by atoms with Crippen molar-refractivity contribution in [3.05, 3.63) is 0 Å². The standard InChI is InChI=1S/C10H12O5/c11-10(13-3-4-2-12-4)5-1-6-8-9(15-8)7(5)14-6/h4-9H,1-3H2. The SMILES string of the molecule is O=C(OCC1CO1)C1CC2OC1C1OC21. The summed E-state index contributed by atoms with van der Waals surface area (Å²) in [4.78, 5) is 11.7. The Bertz CT molecular complexity index is 313. The van der Waals surface area contributed by atoms with Crippen molar-refractivity contribution >= 4 is 5.97 Å². The third-order valence-corrected chi connectivity index (χ3v) is 3.58. The number of carbonyl (C=O) groups excluding carboxylic acids is 1. The average molecular weight is 212 g/mol. The van der Waals surface area contributed by atoms with Crippen molar-refractivity contribution in [2.24, 2.45) is 5.92 Å². The minimum absolute atomic E-state index is 0.0485. The first kappa shape index (κ1) is 8.50. The lowest BCUT2D eigenvalue weighted by atomic mass is 9.89. The molecule has 4 rings (SSSR count). The number of ether oxygens (including phenoxy) is 4. The van der Waals surface area contributed by atoms with E-state index in [0.29, 0.717) is 13.2 Å². The molecule has 4 saturated heterocycles. The smallest absolute Gasteiger partial charge is 0.311 e. The number of epoxide rings is 2. The van der Waals surface area contributed by atoms with Gasteiger partial charge in [-0.3, -0.25) is 4.79 Å². The number of carbonyl (C=O) groups is 1.